The maximum Gasteiger partial charge on any atom is 0.236 e. The average Bonchev–Trinajstić information content (AvgIpc) is 2.26. The molecule has 3 nitrogen and oxygen atoms in total. The molecule has 94 valence electrons. The van der Waals surface area contributed by atoms with Gasteiger partial charge in [0.05, 0.1) is 6.04 Å². The summed E-state index contributed by atoms with van der Waals surface area (Å²) in [6, 6.07) is -0.333. The highest BCUT2D eigenvalue weighted by molar-refractivity contribution is 5.81. The van der Waals surface area contributed by atoms with Crippen LogP contribution in [0.1, 0.15) is 52.9 Å². The van der Waals surface area contributed by atoms with E-state index < -0.39 is 0 Å². The summed E-state index contributed by atoms with van der Waals surface area (Å²) < 4.78 is 0. The van der Waals surface area contributed by atoms with Gasteiger partial charge in [0.25, 0.3) is 0 Å². The van der Waals surface area contributed by atoms with Crippen LogP contribution in [0.25, 0.3) is 0 Å². The predicted molar refractivity (Wildman–Crippen MR) is 67.0 cm³/mol. The number of amides is 1. The SMILES string of the molecule is CC[C@H](N)C(=O)NCC1CCC(C)(C)CC1. The second kappa shape index (κ2) is 5.67. The topological polar surface area (TPSA) is 55.1 Å². The number of rotatable bonds is 4. The molecule has 0 aromatic heterocycles. The Labute approximate surface area is 99.2 Å². The molecule has 0 aliphatic heterocycles. The minimum absolute atomic E-state index is 0.00679. The second-order valence-electron chi connectivity index (χ2n) is 5.87. The molecule has 0 radical (unpaired) electrons. The van der Waals surface area contributed by atoms with Crippen LogP contribution in [0.4, 0.5) is 0 Å². The molecule has 1 fully saturated rings. The van der Waals surface area contributed by atoms with Crippen molar-refractivity contribution in [3.05, 3.63) is 0 Å². The Hall–Kier alpha value is -0.570. The summed E-state index contributed by atoms with van der Waals surface area (Å²) in [4.78, 5) is 11.5. The molecular weight excluding hydrogens is 200 g/mol. The lowest BCUT2D eigenvalue weighted by Crippen LogP contribution is -2.42. The molecule has 0 spiro atoms. The zero-order valence-electron chi connectivity index (χ0n) is 10.9. The first-order valence-electron chi connectivity index (χ1n) is 6.48. The Kier molecular flexibility index (Phi) is 4.78. The van der Waals surface area contributed by atoms with Gasteiger partial charge in [0.1, 0.15) is 0 Å². The van der Waals surface area contributed by atoms with E-state index >= 15 is 0 Å². The molecule has 3 heteroatoms. The number of nitrogens with two attached hydrogens (primary N) is 1. The van der Waals surface area contributed by atoms with E-state index in [1.54, 1.807) is 0 Å². The van der Waals surface area contributed by atoms with Crippen molar-refractivity contribution in [3.8, 4) is 0 Å². The van der Waals surface area contributed by atoms with Crippen molar-refractivity contribution in [2.24, 2.45) is 17.1 Å². The molecule has 1 amide bonds. The van der Waals surface area contributed by atoms with Crippen molar-refractivity contribution < 1.29 is 4.79 Å². The third-order valence-electron chi connectivity index (χ3n) is 3.80. The Morgan fingerprint density at radius 3 is 2.50 bits per heavy atom. The van der Waals surface area contributed by atoms with Crippen LogP contribution < -0.4 is 11.1 Å². The molecule has 16 heavy (non-hydrogen) atoms. The summed E-state index contributed by atoms with van der Waals surface area (Å²) in [6.45, 7) is 7.40. The normalized spacial score (nSPS) is 22.8. The largest absolute Gasteiger partial charge is 0.354 e. The van der Waals surface area contributed by atoms with Crippen LogP contribution in [0.5, 0.6) is 0 Å². The van der Waals surface area contributed by atoms with Gasteiger partial charge in [-0.2, -0.15) is 0 Å². The van der Waals surface area contributed by atoms with Crippen LogP contribution in [0, 0.1) is 11.3 Å². The highest BCUT2D eigenvalue weighted by atomic mass is 16.2. The summed E-state index contributed by atoms with van der Waals surface area (Å²) in [5.74, 6) is 0.661. The van der Waals surface area contributed by atoms with Crippen LogP contribution in [-0.2, 0) is 4.79 Å². The predicted octanol–water partition coefficient (Wildman–Crippen LogP) is 2.06. The lowest BCUT2D eigenvalue weighted by molar-refractivity contribution is -0.122. The second-order valence-corrected chi connectivity index (χ2v) is 5.87. The van der Waals surface area contributed by atoms with Gasteiger partial charge in [-0.1, -0.05) is 20.8 Å². The van der Waals surface area contributed by atoms with E-state index in [0.29, 0.717) is 17.8 Å². The number of carbonyl (C=O) groups excluding carboxylic acids is 1. The fourth-order valence-electron chi connectivity index (χ4n) is 2.22. The van der Waals surface area contributed by atoms with Crippen LogP contribution >= 0.6 is 0 Å². The van der Waals surface area contributed by atoms with Crippen LogP contribution in [-0.4, -0.2) is 18.5 Å². The lowest BCUT2D eigenvalue weighted by Gasteiger charge is -2.34. The monoisotopic (exact) mass is 226 g/mol. The van der Waals surface area contributed by atoms with E-state index in [1.807, 2.05) is 6.92 Å². The van der Waals surface area contributed by atoms with E-state index in [2.05, 4.69) is 19.2 Å². The van der Waals surface area contributed by atoms with Gasteiger partial charge in [0, 0.05) is 6.54 Å². The van der Waals surface area contributed by atoms with E-state index in [-0.39, 0.29) is 11.9 Å². The minimum atomic E-state index is -0.333. The van der Waals surface area contributed by atoms with Gasteiger partial charge in [-0.25, -0.2) is 0 Å². The Balaban J connectivity index is 2.22. The molecule has 0 unspecified atom stereocenters. The zero-order valence-corrected chi connectivity index (χ0v) is 10.9. The Morgan fingerprint density at radius 1 is 1.44 bits per heavy atom. The number of carbonyl (C=O) groups is 1. The van der Waals surface area contributed by atoms with Gasteiger partial charge in [-0.05, 0) is 43.4 Å². The minimum Gasteiger partial charge on any atom is -0.354 e. The van der Waals surface area contributed by atoms with E-state index in [4.69, 9.17) is 5.73 Å². The zero-order chi connectivity index (χ0) is 12.2. The smallest absolute Gasteiger partial charge is 0.236 e. The van der Waals surface area contributed by atoms with Gasteiger partial charge in [-0.15, -0.1) is 0 Å². The third kappa shape index (κ3) is 4.12. The van der Waals surface area contributed by atoms with Gasteiger partial charge in [0.15, 0.2) is 0 Å². The quantitative estimate of drug-likeness (QED) is 0.771. The molecule has 1 atom stereocenters. The van der Waals surface area contributed by atoms with E-state index in [1.165, 1.54) is 25.7 Å². The fraction of sp³-hybridized carbons (Fsp3) is 0.923. The number of hydrogen-bond donors (Lipinski definition) is 2. The molecule has 0 aromatic rings. The van der Waals surface area contributed by atoms with Crippen molar-refractivity contribution in [2.45, 2.75) is 58.9 Å². The first-order chi connectivity index (χ1) is 7.44. The maximum atomic E-state index is 11.5. The molecule has 0 heterocycles. The van der Waals surface area contributed by atoms with Gasteiger partial charge in [0.2, 0.25) is 5.91 Å². The van der Waals surface area contributed by atoms with Gasteiger partial charge in [-0.3, -0.25) is 4.79 Å². The molecule has 0 bridgehead atoms. The molecule has 3 N–H and O–H groups in total. The summed E-state index contributed by atoms with van der Waals surface area (Å²) in [5.41, 5.74) is 6.16. The van der Waals surface area contributed by atoms with Crippen LogP contribution in [0.2, 0.25) is 0 Å². The number of hydrogen-bond acceptors (Lipinski definition) is 2. The van der Waals surface area contributed by atoms with Gasteiger partial charge >= 0.3 is 0 Å². The van der Waals surface area contributed by atoms with Gasteiger partial charge < -0.3 is 11.1 Å². The molecule has 1 saturated carbocycles. The fourth-order valence-corrected chi connectivity index (χ4v) is 2.22. The van der Waals surface area contributed by atoms with Crippen LogP contribution in [0.3, 0.4) is 0 Å². The highest BCUT2D eigenvalue weighted by Gasteiger charge is 2.27. The first kappa shape index (κ1) is 13.5. The standard InChI is InChI=1S/C13H26N2O/c1-4-11(14)12(16)15-9-10-5-7-13(2,3)8-6-10/h10-11H,4-9,14H2,1-3H3,(H,15,16)/t11-/m0/s1. The molecule has 1 aliphatic rings. The van der Waals surface area contributed by atoms with Crippen molar-refractivity contribution in [1.29, 1.82) is 0 Å². The Morgan fingerprint density at radius 2 is 2.00 bits per heavy atom. The molecule has 1 rings (SSSR count). The van der Waals surface area contributed by atoms with Crippen molar-refractivity contribution in [1.82, 2.24) is 5.32 Å². The summed E-state index contributed by atoms with van der Waals surface area (Å²) >= 11 is 0. The van der Waals surface area contributed by atoms with Crippen LogP contribution in [0.15, 0.2) is 0 Å². The molecular formula is C13H26N2O. The molecule has 0 saturated heterocycles. The highest BCUT2D eigenvalue weighted by Crippen LogP contribution is 2.37. The summed E-state index contributed by atoms with van der Waals surface area (Å²) in [5, 5.41) is 2.97. The molecule has 1 aliphatic carbocycles. The van der Waals surface area contributed by atoms with Crippen molar-refractivity contribution in [3.63, 3.8) is 0 Å². The van der Waals surface area contributed by atoms with E-state index in [0.717, 1.165) is 6.54 Å². The van der Waals surface area contributed by atoms with Crippen molar-refractivity contribution >= 4 is 5.91 Å². The Bertz CT molecular complexity index is 228. The average molecular weight is 226 g/mol. The summed E-state index contributed by atoms with van der Waals surface area (Å²) in [6.07, 6.45) is 5.72. The first-order valence-corrected chi connectivity index (χ1v) is 6.48. The maximum absolute atomic E-state index is 11.5. The molecule has 0 aromatic carbocycles. The van der Waals surface area contributed by atoms with E-state index in [9.17, 15) is 4.79 Å². The van der Waals surface area contributed by atoms with Crippen molar-refractivity contribution in [2.75, 3.05) is 6.54 Å². The lowest BCUT2D eigenvalue weighted by atomic mass is 9.73. The summed E-state index contributed by atoms with van der Waals surface area (Å²) in [7, 11) is 0. The number of nitrogens with one attached hydrogen (secondary N) is 1. The third-order valence-corrected chi connectivity index (χ3v) is 3.80.